The monoisotopic (exact) mass is 384 g/mol. The van der Waals surface area contributed by atoms with Gasteiger partial charge in [-0.15, -0.1) is 0 Å². The van der Waals surface area contributed by atoms with Crippen molar-refractivity contribution in [2.75, 3.05) is 6.61 Å². The Kier molecular flexibility index (Phi) is 8.53. The molecule has 0 saturated carbocycles. The van der Waals surface area contributed by atoms with E-state index in [4.69, 9.17) is 9.84 Å². The zero-order chi connectivity index (χ0) is 20.4. The van der Waals surface area contributed by atoms with Gasteiger partial charge in [0.1, 0.15) is 5.75 Å². The second-order valence-electron chi connectivity index (χ2n) is 6.87. The fourth-order valence-electron chi connectivity index (χ4n) is 3.11. The van der Waals surface area contributed by atoms with Gasteiger partial charge < -0.3 is 14.9 Å². The standard InChI is InChI=1S/C23H28O5/c1-2-3-4-5-6-7-8-14-28-19-12-13-20(21(16-19)23(26)27)17-10-9-11-18(15-17)22(24)25/h9-13,15-16H,2-8,14H2,1H3,(H,24,25)(H,26,27). The van der Waals surface area contributed by atoms with Gasteiger partial charge >= 0.3 is 11.9 Å². The number of rotatable bonds is 12. The van der Waals surface area contributed by atoms with Gasteiger partial charge in [-0.1, -0.05) is 57.6 Å². The summed E-state index contributed by atoms with van der Waals surface area (Å²) in [7, 11) is 0. The molecule has 0 unspecified atom stereocenters. The maximum Gasteiger partial charge on any atom is 0.336 e. The van der Waals surface area contributed by atoms with Crippen LogP contribution in [0.3, 0.4) is 0 Å². The molecule has 150 valence electrons. The molecule has 5 nitrogen and oxygen atoms in total. The molecule has 0 atom stereocenters. The van der Waals surface area contributed by atoms with Crippen molar-refractivity contribution >= 4 is 11.9 Å². The molecule has 28 heavy (non-hydrogen) atoms. The van der Waals surface area contributed by atoms with Gasteiger partial charge in [0.25, 0.3) is 0 Å². The molecule has 0 spiro atoms. The van der Waals surface area contributed by atoms with E-state index in [-0.39, 0.29) is 11.1 Å². The SMILES string of the molecule is CCCCCCCCCOc1ccc(-c2cccc(C(=O)O)c2)c(C(=O)O)c1. The van der Waals surface area contributed by atoms with Crippen molar-refractivity contribution in [2.24, 2.45) is 0 Å². The van der Waals surface area contributed by atoms with Gasteiger partial charge in [0.05, 0.1) is 17.7 Å². The molecule has 0 aliphatic heterocycles. The number of hydrogen-bond acceptors (Lipinski definition) is 3. The molecule has 0 aromatic heterocycles. The van der Waals surface area contributed by atoms with Crippen LogP contribution in [0.15, 0.2) is 42.5 Å². The zero-order valence-corrected chi connectivity index (χ0v) is 16.3. The third-order valence-electron chi connectivity index (χ3n) is 4.66. The molecule has 0 radical (unpaired) electrons. The first-order valence-electron chi connectivity index (χ1n) is 9.86. The minimum atomic E-state index is -1.07. The van der Waals surface area contributed by atoms with E-state index in [0.717, 1.165) is 12.8 Å². The molecule has 0 heterocycles. The van der Waals surface area contributed by atoms with Crippen LogP contribution in [0.4, 0.5) is 0 Å². The van der Waals surface area contributed by atoms with Crippen LogP contribution in [0.25, 0.3) is 11.1 Å². The van der Waals surface area contributed by atoms with E-state index in [1.54, 1.807) is 24.3 Å². The summed E-state index contributed by atoms with van der Waals surface area (Å²) in [5.41, 5.74) is 1.24. The Labute approximate surface area is 166 Å². The molecule has 0 saturated heterocycles. The Morgan fingerprint density at radius 1 is 0.857 bits per heavy atom. The largest absolute Gasteiger partial charge is 0.494 e. The highest BCUT2D eigenvalue weighted by Gasteiger charge is 2.14. The minimum absolute atomic E-state index is 0.0969. The van der Waals surface area contributed by atoms with Gasteiger partial charge in [-0.3, -0.25) is 0 Å². The first-order valence-corrected chi connectivity index (χ1v) is 9.86. The van der Waals surface area contributed by atoms with Crippen molar-refractivity contribution in [3.63, 3.8) is 0 Å². The third kappa shape index (κ3) is 6.41. The number of carboxylic acids is 2. The molecule has 2 aromatic rings. The summed E-state index contributed by atoms with van der Waals surface area (Å²) in [6.07, 6.45) is 8.31. The lowest BCUT2D eigenvalue weighted by Crippen LogP contribution is -2.03. The van der Waals surface area contributed by atoms with E-state index in [1.807, 2.05) is 0 Å². The second-order valence-corrected chi connectivity index (χ2v) is 6.87. The topological polar surface area (TPSA) is 83.8 Å². The van der Waals surface area contributed by atoms with Crippen LogP contribution in [-0.2, 0) is 0 Å². The smallest absolute Gasteiger partial charge is 0.336 e. The van der Waals surface area contributed by atoms with Crippen molar-refractivity contribution in [3.8, 4) is 16.9 Å². The maximum absolute atomic E-state index is 11.7. The van der Waals surface area contributed by atoms with Gasteiger partial charge in [-0.25, -0.2) is 9.59 Å². The van der Waals surface area contributed by atoms with Crippen LogP contribution < -0.4 is 4.74 Å². The summed E-state index contributed by atoms with van der Waals surface area (Å²) in [6.45, 7) is 2.76. The summed E-state index contributed by atoms with van der Waals surface area (Å²) >= 11 is 0. The highest BCUT2D eigenvalue weighted by molar-refractivity contribution is 5.97. The Bertz CT molecular complexity index is 797. The lowest BCUT2D eigenvalue weighted by Gasteiger charge is -2.11. The fourth-order valence-corrected chi connectivity index (χ4v) is 3.11. The highest BCUT2D eigenvalue weighted by atomic mass is 16.5. The van der Waals surface area contributed by atoms with Gasteiger partial charge in [0.2, 0.25) is 0 Å². The van der Waals surface area contributed by atoms with Crippen LogP contribution in [0.5, 0.6) is 5.75 Å². The summed E-state index contributed by atoms with van der Waals surface area (Å²) in [5, 5.41) is 18.7. The predicted molar refractivity (Wildman–Crippen MR) is 109 cm³/mol. The number of carboxylic acid groups (broad SMARTS) is 2. The Morgan fingerprint density at radius 3 is 2.25 bits per heavy atom. The Hall–Kier alpha value is -2.82. The number of unbranched alkanes of at least 4 members (excludes halogenated alkanes) is 6. The van der Waals surface area contributed by atoms with E-state index in [2.05, 4.69) is 6.92 Å². The molecule has 5 heteroatoms. The fraction of sp³-hybridized carbons (Fsp3) is 0.391. The maximum atomic E-state index is 11.7. The van der Waals surface area contributed by atoms with E-state index in [0.29, 0.717) is 23.5 Å². The van der Waals surface area contributed by atoms with Crippen molar-refractivity contribution in [1.29, 1.82) is 0 Å². The van der Waals surface area contributed by atoms with Gasteiger partial charge in [-0.05, 0) is 47.9 Å². The van der Waals surface area contributed by atoms with Crippen LogP contribution >= 0.6 is 0 Å². The number of hydrogen-bond donors (Lipinski definition) is 2. The van der Waals surface area contributed by atoms with Crippen molar-refractivity contribution in [3.05, 3.63) is 53.6 Å². The lowest BCUT2D eigenvalue weighted by molar-refractivity contribution is 0.0687. The normalized spacial score (nSPS) is 10.6. The number of benzene rings is 2. The van der Waals surface area contributed by atoms with Crippen molar-refractivity contribution in [2.45, 2.75) is 51.9 Å². The number of ether oxygens (including phenoxy) is 1. The Balaban J connectivity index is 2.00. The number of aromatic carboxylic acids is 2. The van der Waals surface area contributed by atoms with Crippen LogP contribution in [-0.4, -0.2) is 28.8 Å². The molecule has 0 aliphatic rings. The van der Waals surface area contributed by atoms with Crippen molar-refractivity contribution in [1.82, 2.24) is 0 Å². The number of carbonyl (C=O) groups is 2. The summed E-state index contributed by atoms with van der Waals surface area (Å²) in [4.78, 5) is 22.9. The van der Waals surface area contributed by atoms with E-state index in [1.165, 1.54) is 50.3 Å². The van der Waals surface area contributed by atoms with Crippen LogP contribution in [0.2, 0.25) is 0 Å². The lowest BCUT2D eigenvalue weighted by atomic mass is 9.98. The summed E-state index contributed by atoms with van der Waals surface area (Å²) < 4.78 is 5.72. The molecular weight excluding hydrogens is 356 g/mol. The quantitative estimate of drug-likeness (QED) is 0.446. The second kappa shape index (κ2) is 11.1. The van der Waals surface area contributed by atoms with Crippen molar-refractivity contribution < 1.29 is 24.5 Å². The first kappa shape index (κ1) is 21.5. The third-order valence-corrected chi connectivity index (χ3v) is 4.66. The first-order chi connectivity index (χ1) is 13.5. The molecular formula is C23H28O5. The predicted octanol–water partition coefficient (Wildman–Crippen LogP) is 5.88. The molecule has 0 aliphatic carbocycles. The molecule has 2 N–H and O–H groups in total. The molecule has 0 amide bonds. The van der Waals surface area contributed by atoms with E-state index >= 15 is 0 Å². The summed E-state index contributed by atoms with van der Waals surface area (Å²) in [5.74, 6) is -1.60. The Morgan fingerprint density at radius 2 is 1.57 bits per heavy atom. The zero-order valence-electron chi connectivity index (χ0n) is 16.3. The molecule has 2 aromatic carbocycles. The van der Waals surface area contributed by atoms with Gasteiger partial charge in [-0.2, -0.15) is 0 Å². The average molecular weight is 384 g/mol. The average Bonchev–Trinajstić information content (AvgIpc) is 2.70. The summed E-state index contributed by atoms with van der Waals surface area (Å²) in [6, 6.07) is 11.2. The van der Waals surface area contributed by atoms with Crippen LogP contribution in [0.1, 0.15) is 72.6 Å². The van der Waals surface area contributed by atoms with Gasteiger partial charge in [0, 0.05) is 0 Å². The highest BCUT2D eigenvalue weighted by Crippen LogP contribution is 2.28. The van der Waals surface area contributed by atoms with E-state index < -0.39 is 11.9 Å². The van der Waals surface area contributed by atoms with Gasteiger partial charge in [0.15, 0.2) is 0 Å². The van der Waals surface area contributed by atoms with Crippen LogP contribution in [0, 0.1) is 0 Å². The molecule has 0 bridgehead atoms. The molecule has 0 fully saturated rings. The minimum Gasteiger partial charge on any atom is -0.494 e. The van der Waals surface area contributed by atoms with E-state index in [9.17, 15) is 14.7 Å². The molecule has 2 rings (SSSR count).